The van der Waals surface area contributed by atoms with Gasteiger partial charge in [-0.2, -0.15) is 0 Å². The second kappa shape index (κ2) is 8.98. The van der Waals surface area contributed by atoms with Gasteiger partial charge in [0.2, 0.25) is 0 Å². The van der Waals surface area contributed by atoms with E-state index in [-0.39, 0.29) is 24.3 Å². The molecular weight excluding hydrogens is 382 g/mol. The summed E-state index contributed by atoms with van der Waals surface area (Å²) in [7, 11) is 1.93. The zero-order chi connectivity index (χ0) is 21.0. The standard InChI is InChI=1S/C25H28ClNO2/c1-25(2,3)29-23(28)16-22(18-11-13-21(26)14-12-18)24(27-4)20-10-9-17-7-5-6-8-19(17)15-20/h5-15,22,24,27H,16H2,1-4H3/t22-,24+/m0/s1. The average Bonchev–Trinajstić information content (AvgIpc) is 2.67. The van der Waals surface area contributed by atoms with Gasteiger partial charge in [-0.25, -0.2) is 0 Å². The van der Waals surface area contributed by atoms with Crippen LogP contribution in [-0.4, -0.2) is 18.6 Å². The minimum Gasteiger partial charge on any atom is -0.460 e. The molecule has 152 valence electrons. The van der Waals surface area contributed by atoms with E-state index < -0.39 is 5.60 Å². The predicted octanol–water partition coefficient (Wildman–Crippen LogP) is 6.27. The van der Waals surface area contributed by atoms with Crippen LogP contribution in [0.1, 0.15) is 50.3 Å². The molecule has 0 aliphatic carbocycles. The second-order valence-corrected chi connectivity index (χ2v) is 8.76. The Morgan fingerprint density at radius 1 is 0.966 bits per heavy atom. The number of hydrogen-bond acceptors (Lipinski definition) is 3. The molecule has 0 aliphatic rings. The van der Waals surface area contributed by atoms with Crippen molar-refractivity contribution in [2.45, 2.75) is 44.8 Å². The maximum Gasteiger partial charge on any atom is 0.306 e. The highest BCUT2D eigenvalue weighted by molar-refractivity contribution is 6.30. The van der Waals surface area contributed by atoms with Gasteiger partial charge in [-0.1, -0.05) is 60.1 Å². The zero-order valence-electron chi connectivity index (χ0n) is 17.4. The van der Waals surface area contributed by atoms with Gasteiger partial charge in [0, 0.05) is 17.0 Å². The van der Waals surface area contributed by atoms with E-state index in [2.05, 4.69) is 35.6 Å². The first-order valence-corrected chi connectivity index (χ1v) is 10.3. The van der Waals surface area contributed by atoms with E-state index in [1.807, 2.05) is 64.2 Å². The summed E-state index contributed by atoms with van der Waals surface area (Å²) < 4.78 is 5.62. The highest BCUT2D eigenvalue weighted by atomic mass is 35.5. The van der Waals surface area contributed by atoms with Crippen molar-refractivity contribution in [2.24, 2.45) is 0 Å². The van der Waals surface area contributed by atoms with Gasteiger partial charge >= 0.3 is 5.97 Å². The van der Waals surface area contributed by atoms with Crippen LogP contribution in [0.4, 0.5) is 0 Å². The summed E-state index contributed by atoms with van der Waals surface area (Å²) in [5.74, 6) is -0.299. The first kappa shape index (κ1) is 21.4. The molecule has 0 fully saturated rings. The average molecular weight is 410 g/mol. The fourth-order valence-electron chi connectivity index (χ4n) is 3.70. The Morgan fingerprint density at radius 2 is 1.59 bits per heavy atom. The molecule has 0 amide bonds. The molecule has 0 saturated carbocycles. The Kier molecular flexibility index (Phi) is 6.61. The summed E-state index contributed by atoms with van der Waals surface area (Å²) in [5.41, 5.74) is 1.67. The fraction of sp³-hybridized carbons (Fsp3) is 0.320. The summed E-state index contributed by atoms with van der Waals surface area (Å²) in [6.07, 6.45) is 0.275. The number of hydrogen-bond donors (Lipinski definition) is 1. The van der Waals surface area contributed by atoms with Crippen molar-refractivity contribution in [1.82, 2.24) is 5.32 Å². The largest absolute Gasteiger partial charge is 0.460 e. The van der Waals surface area contributed by atoms with E-state index in [1.165, 1.54) is 10.8 Å². The van der Waals surface area contributed by atoms with E-state index >= 15 is 0 Å². The number of esters is 1. The highest BCUT2D eigenvalue weighted by Crippen LogP contribution is 2.36. The Morgan fingerprint density at radius 3 is 2.21 bits per heavy atom. The molecule has 0 heterocycles. The summed E-state index contributed by atoms with van der Waals surface area (Å²) >= 11 is 6.10. The third-order valence-electron chi connectivity index (χ3n) is 4.95. The third kappa shape index (κ3) is 5.59. The number of benzene rings is 3. The normalized spacial score (nSPS) is 13.8. The number of carbonyl (C=O) groups is 1. The monoisotopic (exact) mass is 409 g/mol. The van der Waals surface area contributed by atoms with Gasteiger partial charge in [-0.3, -0.25) is 4.79 Å². The van der Waals surface area contributed by atoms with E-state index in [0.717, 1.165) is 11.1 Å². The van der Waals surface area contributed by atoms with Gasteiger partial charge in [-0.05, 0) is 67.9 Å². The van der Waals surface area contributed by atoms with Gasteiger partial charge in [-0.15, -0.1) is 0 Å². The van der Waals surface area contributed by atoms with E-state index in [1.54, 1.807) is 0 Å². The number of fused-ring (bicyclic) bond motifs is 1. The lowest BCUT2D eigenvalue weighted by Crippen LogP contribution is -2.29. The molecule has 3 aromatic rings. The SMILES string of the molecule is CN[C@H](c1ccc2ccccc2c1)[C@@H](CC(=O)OC(C)(C)C)c1ccc(Cl)cc1. The molecule has 0 bridgehead atoms. The summed E-state index contributed by atoms with van der Waals surface area (Å²) in [5, 5.41) is 6.47. The predicted molar refractivity (Wildman–Crippen MR) is 120 cm³/mol. The van der Waals surface area contributed by atoms with Gasteiger partial charge in [0.1, 0.15) is 5.60 Å². The van der Waals surface area contributed by atoms with Gasteiger partial charge in [0.25, 0.3) is 0 Å². The molecule has 0 aromatic heterocycles. The third-order valence-corrected chi connectivity index (χ3v) is 5.20. The molecule has 0 aliphatic heterocycles. The molecule has 3 rings (SSSR count). The van der Waals surface area contributed by atoms with Crippen molar-refractivity contribution in [3.8, 4) is 0 Å². The zero-order valence-corrected chi connectivity index (χ0v) is 18.2. The maximum atomic E-state index is 12.7. The molecule has 3 aromatic carbocycles. The van der Waals surface area contributed by atoms with Gasteiger partial charge < -0.3 is 10.1 Å². The molecule has 0 spiro atoms. The van der Waals surface area contributed by atoms with Crippen LogP contribution in [0.2, 0.25) is 5.02 Å². The molecule has 0 saturated heterocycles. The molecular formula is C25H28ClNO2. The van der Waals surface area contributed by atoms with Crippen LogP contribution < -0.4 is 5.32 Å². The van der Waals surface area contributed by atoms with Crippen molar-refractivity contribution in [3.05, 3.63) is 82.9 Å². The van der Waals surface area contributed by atoms with Gasteiger partial charge in [0.05, 0.1) is 6.42 Å². The molecule has 3 nitrogen and oxygen atoms in total. The van der Waals surface area contributed by atoms with Gasteiger partial charge in [0.15, 0.2) is 0 Å². The lowest BCUT2D eigenvalue weighted by molar-refractivity contribution is -0.155. The first-order valence-electron chi connectivity index (χ1n) is 9.90. The molecule has 0 unspecified atom stereocenters. The number of carbonyl (C=O) groups excluding carboxylic acids is 1. The lowest BCUT2D eigenvalue weighted by atomic mass is 9.84. The van der Waals surface area contributed by atoms with Crippen LogP contribution in [0.25, 0.3) is 10.8 Å². The van der Waals surface area contributed by atoms with Crippen molar-refractivity contribution >= 4 is 28.3 Å². The Labute approximate surface area is 178 Å². The first-order chi connectivity index (χ1) is 13.8. The van der Waals surface area contributed by atoms with E-state index in [9.17, 15) is 4.79 Å². The van der Waals surface area contributed by atoms with Crippen molar-refractivity contribution in [3.63, 3.8) is 0 Å². The number of ether oxygens (including phenoxy) is 1. The van der Waals surface area contributed by atoms with E-state index in [4.69, 9.17) is 16.3 Å². The number of rotatable bonds is 6. The number of nitrogens with one attached hydrogen (secondary N) is 1. The Hall–Kier alpha value is -2.36. The lowest BCUT2D eigenvalue weighted by Gasteiger charge is -2.29. The molecule has 2 atom stereocenters. The highest BCUT2D eigenvalue weighted by Gasteiger charge is 2.28. The van der Waals surface area contributed by atoms with Crippen molar-refractivity contribution in [1.29, 1.82) is 0 Å². The van der Waals surface area contributed by atoms with Crippen LogP contribution in [0, 0.1) is 0 Å². The summed E-state index contributed by atoms with van der Waals surface area (Å²) in [6, 6.07) is 22.4. The summed E-state index contributed by atoms with van der Waals surface area (Å²) in [4.78, 5) is 12.7. The fourth-order valence-corrected chi connectivity index (χ4v) is 3.83. The molecule has 29 heavy (non-hydrogen) atoms. The molecule has 1 N–H and O–H groups in total. The Balaban J connectivity index is 1.99. The maximum absolute atomic E-state index is 12.7. The quantitative estimate of drug-likeness (QED) is 0.487. The van der Waals surface area contributed by atoms with Crippen LogP contribution in [0.5, 0.6) is 0 Å². The molecule has 0 radical (unpaired) electrons. The Bertz CT molecular complexity index is 976. The van der Waals surface area contributed by atoms with Crippen LogP contribution in [0.3, 0.4) is 0 Å². The van der Waals surface area contributed by atoms with Crippen LogP contribution in [-0.2, 0) is 9.53 Å². The minimum absolute atomic E-state index is 0.0479. The van der Waals surface area contributed by atoms with Crippen molar-refractivity contribution in [2.75, 3.05) is 7.05 Å². The molecule has 4 heteroatoms. The van der Waals surface area contributed by atoms with Crippen molar-refractivity contribution < 1.29 is 9.53 Å². The second-order valence-electron chi connectivity index (χ2n) is 8.32. The van der Waals surface area contributed by atoms with Crippen LogP contribution in [0.15, 0.2) is 66.7 Å². The number of halogens is 1. The number of likely N-dealkylation sites (N-methyl/N-ethyl adjacent to an activating group) is 1. The summed E-state index contributed by atoms with van der Waals surface area (Å²) in [6.45, 7) is 5.67. The van der Waals surface area contributed by atoms with Crippen LogP contribution >= 0.6 is 11.6 Å². The smallest absolute Gasteiger partial charge is 0.306 e. The van der Waals surface area contributed by atoms with E-state index in [0.29, 0.717) is 5.02 Å². The topological polar surface area (TPSA) is 38.3 Å². The minimum atomic E-state index is -0.514.